The van der Waals surface area contributed by atoms with Crippen LogP contribution in [0.5, 0.6) is 0 Å². The fourth-order valence-electron chi connectivity index (χ4n) is 3.07. The molecule has 1 heterocycles. The van der Waals surface area contributed by atoms with Gasteiger partial charge in [0.05, 0.1) is 0 Å². The summed E-state index contributed by atoms with van der Waals surface area (Å²) in [6.07, 6.45) is 7.30. The Balaban J connectivity index is 1.94. The molecular weight excluding hydrogens is 202 g/mol. The first-order valence-corrected chi connectivity index (χ1v) is 6.48. The zero-order valence-corrected chi connectivity index (χ0v) is 10.0. The van der Waals surface area contributed by atoms with E-state index >= 15 is 0 Å². The summed E-state index contributed by atoms with van der Waals surface area (Å²) in [7, 11) is 0. The highest BCUT2D eigenvalue weighted by Crippen LogP contribution is 2.30. The molecule has 2 fully saturated rings. The van der Waals surface area contributed by atoms with Gasteiger partial charge in [-0.2, -0.15) is 0 Å². The zero-order chi connectivity index (χ0) is 11.5. The van der Waals surface area contributed by atoms with E-state index < -0.39 is 0 Å². The topological polar surface area (TPSA) is 37.4 Å². The molecule has 1 aliphatic heterocycles. The molecular formula is C13H21NO2. The van der Waals surface area contributed by atoms with Crippen molar-refractivity contribution in [3.05, 3.63) is 0 Å². The molecule has 16 heavy (non-hydrogen) atoms. The number of piperidine rings is 1. The van der Waals surface area contributed by atoms with E-state index in [0.29, 0.717) is 5.91 Å². The Morgan fingerprint density at radius 1 is 1.25 bits per heavy atom. The zero-order valence-electron chi connectivity index (χ0n) is 10.0. The van der Waals surface area contributed by atoms with E-state index in [2.05, 4.69) is 6.92 Å². The van der Waals surface area contributed by atoms with Crippen molar-refractivity contribution in [2.75, 3.05) is 6.54 Å². The molecule has 1 amide bonds. The molecule has 3 heteroatoms. The van der Waals surface area contributed by atoms with Crippen LogP contribution in [0.1, 0.15) is 45.4 Å². The maximum absolute atomic E-state index is 12.2. The maximum atomic E-state index is 12.2. The van der Waals surface area contributed by atoms with Crippen LogP contribution >= 0.6 is 0 Å². The molecule has 2 rings (SSSR count). The van der Waals surface area contributed by atoms with Gasteiger partial charge >= 0.3 is 0 Å². The number of rotatable bonds is 2. The van der Waals surface area contributed by atoms with Crippen LogP contribution in [0, 0.1) is 11.8 Å². The van der Waals surface area contributed by atoms with E-state index in [9.17, 15) is 9.59 Å². The van der Waals surface area contributed by atoms with Crippen molar-refractivity contribution in [1.82, 2.24) is 4.90 Å². The number of hydrogen-bond donors (Lipinski definition) is 0. The van der Waals surface area contributed by atoms with Crippen LogP contribution in [0.25, 0.3) is 0 Å². The first-order chi connectivity index (χ1) is 7.72. The third-order valence-corrected chi connectivity index (χ3v) is 4.10. The predicted octanol–water partition coefficient (Wildman–Crippen LogP) is 2.00. The number of hydrogen-bond acceptors (Lipinski definition) is 2. The third kappa shape index (κ3) is 2.28. The van der Waals surface area contributed by atoms with E-state index in [1.807, 2.05) is 4.90 Å². The van der Waals surface area contributed by atoms with Gasteiger partial charge in [-0.15, -0.1) is 0 Å². The summed E-state index contributed by atoms with van der Waals surface area (Å²) in [6.45, 7) is 2.85. The van der Waals surface area contributed by atoms with Gasteiger partial charge in [0.25, 0.3) is 0 Å². The highest BCUT2D eigenvalue weighted by molar-refractivity contribution is 5.79. The van der Waals surface area contributed by atoms with Gasteiger partial charge in [-0.25, -0.2) is 0 Å². The minimum atomic E-state index is 0.169. The molecule has 0 spiro atoms. The number of carbonyl (C=O) groups is 2. The summed E-state index contributed by atoms with van der Waals surface area (Å²) in [5, 5.41) is 0. The number of aldehydes is 1. The van der Waals surface area contributed by atoms with Crippen LogP contribution in [0.3, 0.4) is 0 Å². The molecule has 2 atom stereocenters. The van der Waals surface area contributed by atoms with Gasteiger partial charge in [-0.1, -0.05) is 12.8 Å². The summed E-state index contributed by atoms with van der Waals surface area (Å²) >= 11 is 0. The minimum absolute atomic E-state index is 0.169. The largest absolute Gasteiger partial charge is 0.340 e. The van der Waals surface area contributed by atoms with Crippen molar-refractivity contribution in [3.63, 3.8) is 0 Å². The molecule has 1 saturated carbocycles. The smallest absolute Gasteiger partial charge is 0.225 e. The lowest BCUT2D eigenvalue weighted by atomic mass is 9.91. The second-order valence-electron chi connectivity index (χ2n) is 5.28. The van der Waals surface area contributed by atoms with E-state index in [1.54, 1.807) is 0 Å². The second kappa shape index (κ2) is 4.98. The van der Waals surface area contributed by atoms with E-state index in [-0.39, 0.29) is 17.9 Å². The molecule has 2 aliphatic rings. The predicted molar refractivity (Wildman–Crippen MR) is 61.9 cm³/mol. The molecule has 0 aromatic heterocycles. The summed E-state index contributed by atoms with van der Waals surface area (Å²) in [4.78, 5) is 25.0. The lowest BCUT2D eigenvalue weighted by Gasteiger charge is -2.37. The van der Waals surface area contributed by atoms with Crippen molar-refractivity contribution in [2.24, 2.45) is 11.8 Å². The highest BCUT2D eigenvalue weighted by atomic mass is 16.2. The molecule has 0 radical (unpaired) electrons. The van der Waals surface area contributed by atoms with Crippen LogP contribution in [-0.4, -0.2) is 29.7 Å². The van der Waals surface area contributed by atoms with Crippen LogP contribution < -0.4 is 0 Å². The molecule has 3 nitrogen and oxygen atoms in total. The lowest BCUT2D eigenvalue weighted by molar-refractivity contribution is -0.140. The van der Waals surface area contributed by atoms with Gasteiger partial charge in [0.2, 0.25) is 5.91 Å². The SMILES string of the molecule is C[C@H]1CC(C=O)CCN1C(=O)C1CCCC1. The van der Waals surface area contributed by atoms with Gasteiger partial charge in [0.1, 0.15) is 6.29 Å². The molecule has 0 aromatic rings. The van der Waals surface area contributed by atoms with E-state index in [4.69, 9.17) is 0 Å². The first kappa shape index (κ1) is 11.6. The van der Waals surface area contributed by atoms with Gasteiger partial charge < -0.3 is 9.69 Å². The van der Waals surface area contributed by atoms with Crippen molar-refractivity contribution < 1.29 is 9.59 Å². The molecule has 1 aliphatic carbocycles. The monoisotopic (exact) mass is 223 g/mol. The molecule has 1 unspecified atom stereocenters. The summed E-state index contributed by atoms with van der Waals surface area (Å²) in [5.74, 6) is 0.784. The lowest BCUT2D eigenvalue weighted by Crippen LogP contribution is -2.47. The Morgan fingerprint density at radius 3 is 2.50 bits per heavy atom. The number of carbonyl (C=O) groups excluding carboxylic acids is 2. The van der Waals surface area contributed by atoms with E-state index in [0.717, 1.165) is 38.5 Å². The Hall–Kier alpha value is -0.860. The quantitative estimate of drug-likeness (QED) is 0.671. The van der Waals surface area contributed by atoms with Crippen molar-refractivity contribution in [2.45, 2.75) is 51.5 Å². The summed E-state index contributed by atoms with van der Waals surface area (Å²) in [6, 6.07) is 0.247. The molecule has 0 aromatic carbocycles. The van der Waals surface area contributed by atoms with Gasteiger partial charge in [-0.05, 0) is 32.6 Å². The number of likely N-dealkylation sites (tertiary alicyclic amines) is 1. The maximum Gasteiger partial charge on any atom is 0.225 e. The average Bonchev–Trinajstić information content (AvgIpc) is 2.81. The Labute approximate surface area is 97.2 Å². The van der Waals surface area contributed by atoms with Crippen LogP contribution in [0.15, 0.2) is 0 Å². The Bertz CT molecular complexity index is 271. The normalized spacial score (nSPS) is 31.7. The molecule has 0 N–H and O–H groups in total. The summed E-state index contributed by atoms with van der Waals surface area (Å²) in [5.41, 5.74) is 0. The second-order valence-corrected chi connectivity index (χ2v) is 5.28. The van der Waals surface area contributed by atoms with Crippen molar-refractivity contribution >= 4 is 12.2 Å². The van der Waals surface area contributed by atoms with Crippen LogP contribution in [0.2, 0.25) is 0 Å². The average molecular weight is 223 g/mol. The third-order valence-electron chi connectivity index (χ3n) is 4.10. The van der Waals surface area contributed by atoms with Gasteiger partial charge in [-0.3, -0.25) is 4.79 Å². The molecule has 90 valence electrons. The van der Waals surface area contributed by atoms with Gasteiger partial charge in [0, 0.05) is 24.4 Å². The molecule has 0 bridgehead atoms. The van der Waals surface area contributed by atoms with Gasteiger partial charge in [0.15, 0.2) is 0 Å². The van der Waals surface area contributed by atoms with Crippen LogP contribution in [-0.2, 0) is 9.59 Å². The first-order valence-electron chi connectivity index (χ1n) is 6.48. The van der Waals surface area contributed by atoms with E-state index in [1.165, 1.54) is 12.8 Å². The number of amides is 1. The highest BCUT2D eigenvalue weighted by Gasteiger charge is 2.33. The summed E-state index contributed by atoms with van der Waals surface area (Å²) < 4.78 is 0. The standard InChI is InChI=1S/C13H21NO2/c1-10-8-11(9-15)6-7-14(10)13(16)12-4-2-3-5-12/h9-12H,2-8H2,1H3/t10-,11?/m0/s1. The number of nitrogens with zero attached hydrogens (tertiary/aromatic N) is 1. The Morgan fingerprint density at radius 2 is 1.94 bits per heavy atom. The molecule has 1 saturated heterocycles. The van der Waals surface area contributed by atoms with Crippen LogP contribution in [0.4, 0.5) is 0 Å². The Kier molecular flexibility index (Phi) is 3.62. The fraction of sp³-hybridized carbons (Fsp3) is 0.846. The van der Waals surface area contributed by atoms with Crippen molar-refractivity contribution in [3.8, 4) is 0 Å². The van der Waals surface area contributed by atoms with Crippen molar-refractivity contribution in [1.29, 1.82) is 0 Å². The minimum Gasteiger partial charge on any atom is -0.340 e. The fourth-order valence-corrected chi connectivity index (χ4v) is 3.07.